The lowest BCUT2D eigenvalue weighted by Gasteiger charge is -2.53. The molecule has 0 amide bonds. The highest BCUT2D eigenvalue weighted by Gasteiger charge is 2.77. The first-order valence-electron chi connectivity index (χ1n) is 13.5. The molecule has 2 aromatic carbocycles. The molecule has 4 fully saturated rings. The van der Waals surface area contributed by atoms with Crippen LogP contribution >= 0.6 is 11.6 Å². The summed E-state index contributed by atoms with van der Waals surface area (Å²) in [5.41, 5.74) is 5.70. The third-order valence-electron chi connectivity index (χ3n) is 9.56. The van der Waals surface area contributed by atoms with Gasteiger partial charge in [-0.1, -0.05) is 66.2 Å². The van der Waals surface area contributed by atoms with Gasteiger partial charge in [-0.15, -0.1) is 0 Å². The van der Waals surface area contributed by atoms with Crippen LogP contribution in [0, 0.1) is 11.3 Å². The number of carbonyl (C=O) groups is 1. The van der Waals surface area contributed by atoms with Gasteiger partial charge in [0.2, 0.25) is 0 Å². The monoisotopic (exact) mass is 535 g/mol. The van der Waals surface area contributed by atoms with Crippen LogP contribution in [0.2, 0.25) is 5.15 Å². The van der Waals surface area contributed by atoms with E-state index in [-0.39, 0.29) is 22.7 Å². The minimum atomic E-state index is -0.296. The number of ether oxygens (including phenoxy) is 1. The Hall–Kier alpha value is -3.54. The Morgan fingerprint density at radius 2 is 1.85 bits per heavy atom. The Morgan fingerprint density at radius 3 is 2.56 bits per heavy atom. The third kappa shape index (κ3) is 3.75. The number of halogens is 1. The first-order valence-corrected chi connectivity index (χ1v) is 13.9. The van der Waals surface area contributed by atoms with Crippen LogP contribution in [0.4, 0.5) is 0 Å². The van der Waals surface area contributed by atoms with Gasteiger partial charge >= 0.3 is 5.97 Å². The van der Waals surface area contributed by atoms with E-state index in [0.29, 0.717) is 22.7 Å². The summed E-state index contributed by atoms with van der Waals surface area (Å²) in [6.45, 7) is 1.85. The lowest BCUT2D eigenvalue weighted by molar-refractivity contribution is 0.0295. The van der Waals surface area contributed by atoms with Crippen molar-refractivity contribution >= 4 is 17.6 Å². The van der Waals surface area contributed by atoms with E-state index < -0.39 is 0 Å². The molecule has 8 rings (SSSR count). The molecule has 0 N–H and O–H groups in total. The van der Waals surface area contributed by atoms with Gasteiger partial charge in [0.05, 0.1) is 12.7 Å². The van der Waals surface area contributed by atoms with Crippen LogP contribution in [0.3, 0.4) is 0 Å². The molecule has 39 heavy (non-hydrogen) atoms. The second kappa shape index (κ2) is 9.29. The quantitative estimate of drug-likeness (QED) is 0.205. The minimum absolute atomic E-state index is 0.0718. The van der Waals surface area contributed by atoms with Gasteiger partial charge < -0.3 is 4.74 Å². The zero-order valence-corrected chi connectivity index (χ0v) is 22.6. The molecule has 1 aliphatic heterocycles. The van der Waals surface area contributed by atoms with Gasteiger partial charge in [-0.05, 0) is 76.6 Å². The van der Waals surface area contributed by atoms with E-state index in [4.69, 9.17) is 16.3 Å². The summed E-state index contributed by atoms with van der Waals surface area (Å²) in [4.78, 5) is 24.0. The van der Waals surface area contributed by atoms with Crippen LogP contribution in [-0.2, 0) is 16.7 Å². The first-order chi connectivity index (χ1) is 19.0. The Balaban J connectivity index is 1.35. The molecule has 196 valence electrons. The van der Waals surface area contributed by atoms with Gasteiger partial charge in [0.1, 0.15) is 5.15 Å². The minimum Gasteiger partial charge on any atom is -0.465 e. The van der Waals surface area contributed by atoms with Crippen LogP contribution in [0.1, 0.15) is 57.4 Å². The van der Waals surface area contributed by atoms with Gasteiger partial charge in [0.25, 0.3) is 0 Å². The number of hydrogen-bond donors (Lipinski definition) is 0. The largest absolute Gasteiger partial charge is 0.465 e. The van der Waals surface area contributed by atoms with E-state index >= 15 is 0 Å². The van der Waals surface area contributed by atoms with E-state index in [9.17, 15) is 4.79 Å². The molecule has 1 spiro atoms. The molecule has 1 unspecified atom stereocenters. The van der Waals surface area contributed by atoms with Crippen LogP contribution in [-0.4, -0.2) is 34.5 Å². The summed E-state index contributed by atoms with van der Waals surface area (Å²) in [5.74, 6) is 0.402. The molecule has 0 radical (unpaired) electrons. The smallest absolute Gasteiger partial charge is 0.337 e. The van der Waals surface area contributed by atoms with E-state index in [1.807, 2.05) is 42.9 Å². The number of methoxy groups -OCH3 is 1. The number of hydrogen-bond acceptors (Lipinski definition) is 5. The molecule has 3 atom stereocenters. The van der Waals surface area contributed by atoms with E-state index in [0.717, 1.165) is 25.9 Å². The van der Waals surface area contributed by atoms with Crippen molar-refractivity contribution in [1.29, 1.82) is 0 Å². The molecule has 4 aliphatic rings. The molecule has 1 saturated heterocycles. The van der Waals surface area contributed by atoms with Gasteiger partial charge in [-0.25, -0.2) is 9.78 Å². The molecule has 4 aromatic rings. The highest BCUT2D eigenvalue weighted by molar-refractivity contribution is 6.29. The van der Waals surface area contributed by atoms with Gasteiger partial charge in [0.15, 0.2) is 0 Å². The van der Waals surface area contributed by atoms with E-state index in [2.05, 4.69) is 69.5 Å². The lowest BCUT2D eigenvalue weighted by atomic mass is 9.52. The van der Waals surface area contributed by atoms with Crippen molar-refractivity contribution in [3.63, 3.8) is 0 Å². The fraction of sp³-hybridized carbons (Fsp3) is 0.303. The summed E-state index contributed by atoms with van der Waals surface area (Å²) in [7, 11) is 1.44. The Labute approximate surface area is 233 Å². The average Bonchev–Trinajstić information content (AvgIpc) is 3.52. The Bertz CT molecular complexity index is 1500. The van der Waals surface area contributed by atoms with Gasteiger partial charge in [-0.2, -0.15) is 0 Å². The number of carbonyl (C=O) groups excluding carboxylic acids is 1. The molecular formula is C33H30ClN3O2. The van der Waals surface area contributed by atoms with Crippen molar-refractivity contribution in [2.24, 2.45) is 11.3 Å². The number of nitrogens with zero attached hydrogens (tertiary/aromatic N) is 3. The fourth-order valence-corrected chi connectivity index (χ4v) is 8.48. The van der Waals surface area contributed by atoms with Crippen molar-refractivity contribution < 1.29 is 9.53 Å². The molecule has 3 heterocycles. The Kier molecular flexibility index (Phi) is 5.83. The second-order valence-corrected chi connectivity index (χ2v) is 11.8. The molecule has 3 saturated carbocycles. The SMILES string of the molecule is COC(=O)c1cccc(C23CC4(C2)[C@H](CN(Cc2cccnc2)[C@@H]4c2ccccc2)C3c2ccc(Cl)nc2)c1. The molecule has 5 nitrogen and oxygen atoms in total. The number of pyridine rings is 2. The van der Waals surface area contributed by atoms with Crippen LogP contribution in [0.5, 0.6) is 0 Å². The van der Waals surface area contributed by atoms with Gasteiger partial charge in [-0.3, -0.25) is 9.88 Å². The third-order valence-corrected chi connectivity index (χ3v) is 9.78. The predicted molar refractivity (Wildman–Crippen MR) is 150 cm³/mol. The standard InChI is InChI=1S/C33H30ClN3O2/c1-39-31(38)24-10-5-11-26(15-24)32-20-33(21-32)27(29(32)25-12-13-28(34)36-17-25)19-37(18-22-7-6-14-35-16-22)30(33)23-8-3-2-4-9-23/h2-17,27,29-30H,18-21H2,1H3/t27-,29?,30-,32?,33?/m1/s1. The number of aromatic nitrogens is 2. The molecular weight excluding hydrogens is 506 g/mol. The zero-order chi connectivity index (χ0) is 26.6. The first kappa shape index (κ1) is 24.5. The molecule has 2 aromatic heterocycles. The topological polar surface area (TPSA) is 55.3 Å². The van der Waals surface area contributed by atoms with E-state index in [1.165, 1.54) is 29.4 Å². The molecule has 6 heteroatoms. The number of likely N-dealkylation sites (tertiary alicyclic amines) is 1. The van der Waals surface area contributed by atoms with Crippen LogP contribution < -0.4 is 0 Å². The lowest BCUT2D eigenvalue weighted by Crippen LogP contribution is -2.47. The number of benzene rings is 2. The predicted octanol–water partition coefficient (Wildman–Crippen LogP) is 6.61. The fourth-order valence-electron chi connectivity index (χ4n) is 8.37. The highest BCUT2D eigenvalue weighted by Crippen LogP contribution is 2.82. The zero-order valence-electron chi connectivity index (χ0n) is 21.8. The Morgan fingerprint density at radius 1 is 1.00 bits per heavy atom. The average molecular weight is 536 g/mol. The molecule has 2 bridgehead atoms. The van der Waals surface area contributed by atoms with Crippen molar-refractivity contribution in [2.75, 3.05) is 13.7 Å². The van der Waals surface area contributed by atoms with Gasteiger partial charge in [0, 0.05) is 43.1 Å². The maximum Gasteiger partial charge on any atom is 0.337 e. The number of rotatable bonds is 6. The molecule has 3 aliphatic carbocycles. The summed E-state index contributed by atoms with van der Waals surface area (Å²) in [6, 6.07) is 27.6. The highest BCUT2D eigenvalue weighted by atomic mass is 35.5. The second-order valence-electron chi connectivity index (χ2n) is 11.4. The van der Waals surface area contributed by atoms with Crippen molar-refractivity contribution in [1.82, 2.24) is 14.9 Å². The summed E-state index contributed by atoms with van der Waals surface area (Å²) in [6.07, 6.45) is 7.91. The van der Waals surface area contributed by atoms with E-state index in [1.54, 1.807) is 0 Å². The summed E-state index contributed by atoms with van der Waals surface area (Å²) in [5, 5.41) is 0.507. The van der Waals surface area contributed by atoms with Crippen LogP contribution in [0.15, 0.2) is 97.5 Å². The van der Waals surface area contributed by atoms with Crippen molar-refractivity contribution in [2.45, 2.75) is 36.8 Å². The maximum atomic E-state index is 12.5. The summed E-state index contributed by atoms with van der Waals surface area (Å²) >= 11 is 6.24. The van der Waals surface area contributed by atoms with Crippen molar-refractivity contribution in [3.05, 3.63) is 130 Å². The normalized spacial score (nSPS) is 29.0. The number of esters is 1. The maximum absolute atomic E-state index is 12.5. The summed E-state index contributed by atoms with van der Waals surface area (Å²) < 4.78 is 5.07. The van der Waals surface area contributed by atoms with Crippen LogP contribution in [0.25, 0.3) is 0 Å². The van der Waals surface area contributed by atoms with Crippen molar-refractivity contribution in [3.8, 4) is 0 Å².